The molecule has 6 nitrogen and oxygen atoms in total. The third-order valence-electron chi connectivity index (χ3n) is 4.65. The van der Waals surface area contributed by atoms with Crippen molar-refractivity contribution in [2.24, 2.45) is 4.99 Å². The molecule has 0 amide bonds. The van der Waals surface area contributed by atoms with Gasteiger partial charge in [-0.25, -0.2) is 4.98 Å². The lowest BCUT2D eigenvalue weighted by Crippen LogP contribution is -2.38. The Kier molecular flexibility index (Phi) is 7.68. The normalized spacial score (nSPS) is 17.0. The van der Waals surface area contributed by atoms with Crippen molar-refractivity contribution in [3.05, 3.63) is 45.4 Å². The number of nitrogens with one attached hydrogen (secondary N) is 2. The fourth-order valence-corrected chi connectivity index (χ4v) is 3.82. The molecule has 2 aromatic rings. The molecule has 0 aliphatic carbocycles. The predicted molar refractivity (Wildman–Crippen MR) is 114 cm³/mol. The first-order valence-corrected chi connectivity index (χ1v) is 10.8. The minimum Gasteiger partial charge on any atom is -0.488 e. The van der Waals surface area contributed by atoms with E-state index < -0.39 is 0 Å². The van der Waals surface area contributed by atoms with Gasteiger partial charge in [-0.1, -0.05) is 19.1 Å². The average molecular weight is 403 g/mol. The quantitative estimate of drug-likeness (QED) is 0.525. The summed E-state index contributed by atoms with van der Waals surface area (Å²) < 4.78 is 11.6. The van der Waals surface area contributed by atoms with Crippen molar-refractivity contribution in [2.75, 3.05) is 26.8 Å². The van der Waals surface area contributed by atoms with E-state index in [1.807, 2.05) is 0 Å². The van der Waals surface area contributed by atoms with Gasteiger partial charge in [0.1, 0.15) is 11.9 Å². The fraction of sp³-hybridized carbons (Fsp3) is 0.524. The molecule has 1 aliphatic rings. The summed E-state index contributed by atoms with van der Waals surface area (Å²) in [6.45, 7) is 7.11. The molecule has 3 rings (SSSR count). The van der Waals surface area contributed by atoms with E-state index in [0.717, 1.165) is 55.4 Å². The van der Waals surface area contributed by atoms with Gasteiger partial charge in [-0.05, 0) is 25.0 Å². The highest BCUT2D eigenvalue weighted by atomic mass is 32.1. The molecule has 2 heterocycles. The third-order valence-corrected chi connectivity index (χ3v) is 5.69. The number of nitrogens with zero attached hydrogens (tertiary/aromatic N) is 2. The largest absolute Gasteiger partial charge is 0.488 e. The Bertz CT molecular complexity index is 784. The Balaban J connectivity index is 1.51. The number of rotatable bonds is 8. The number of thiazole rings is 1. The van der Waals surface area contributed by atoms with Gasteiger partial charge >= 0.3 is 0 Å². The van der Waals surface area contributed by atoms with Gasteiger partial charge in [0, 0.05) is 43.9 Å². The molecule has 2 N–H and O–H groups in total. The maximum absolute atomic E-state index is 6.17. The van der Waals surface area contributed by atoms with Crippen LogP contribution in [0.3, 0.4) is 0 Å². The molecule has 0 radical (unpaired) electrons. The summed E-state index contributed by atoms with van der Waals surface area (Å²) in [5, 5.41) is 10.1. The summed E-state index contributed by atoms with van der Waals surface area (Å²) in [6.07, 6.45) is 2.97. The monoisotopic (exact) mass is 402 g/mol. The van der Waals surface area contributed by atoms with Crippen LogP contribution in [0.4, 0.5) is 0 Å². The molecule has 1 atom stereocenters. The number of aryl methyl sites for hydroxylation is 2. The summed E-state index contributed by atoms with van der Waals surface area (Å²) >= 11 is 1.73. The Morgan fingerprint density at radius 3 is 3.00 bits per heavy atom. The van der Waals surface area contributed by atoms with Gasteiger partial charge in [0.2, 0.25) is 0 Å². The zero-order valence-corrected chi connectivity index (χ0v) is 17.8. The van der Waals surface area contributed by atoms with E-state index in [1.165, 1.54) is 10.6 Å². The van der Waals surface area contributed by atoms with Gasteiger partial charge in [-0.15, -0.1) is 11.3 Å². The molecule has 0 bridgehead atoms. The third kappa shape index (κ3) is 5.94. The minimum absolute atomic E-state index is 0.143. The van der Waals surface area contributed by atoms with E-state index in [0.29, 0.717) is 13.2 Å². The molecule has 1 saturated heterocycles. The lowest BCUT2D eigenvalue weighted by atomic mass is 10.1. The second kappa shape index (κ2) is 10.4. The van der Waals surface area contributed by atoms with Crippen LogP contribution in [0.5, 0.6) is 5.75 Å². The Morgan fingerprint density at radius 2 is 2.29 bits per heavy atom. The summed E-state index contributed by atoms with van der Waals surface area (Å²) in [6, 6.07) is 6.32. The van der Waals surface area contributed by atoms with Gasteiger partial charge in [0.25, 0.3) is 0 Å². The Labute approximate surface area is 171 Å². The summed E-state index contributed by atoms with van der Waals surface area (Å²) in [5.41, 5.74) is 3.44. The molecule has 7 heteroatoms. The second-order valence-electron chi connectivity index (χ2n) is 6.90. The fourth-order valence-electron chi connectivity index (χ4n) is 3.04. The van der Waals surface area contributed by atoms with Crippen molar-refractivity contribution in [3.8, 4) is 5.75 Å². The van der Waals surface area contributed by atoms with Crippen LogP contribution in [0, 0.1) is 6.92 Å². The molecular weight excluding hydrogens is 372 g/mol. The summed E-state index contributed by atoms with van der Waals surface area (Å²) in [7, 11) is 1.79. The molecule has 1 fully saturated rings. The first-order valence-electron chi connectivity index (χ1n) is 9.89. The van der Waals surface area contributed by atoms with Crippen LogP contribution in [-0.2, 0) is 24.1 Å². The number of guanidine groups is 1. The molecule has 1 aromatic heterocycles. The highest BCUT2D eigenvalue weighted by Crippen LogP contribution is 2.23. The van der Waals surface area contributed by atoms with Crippen LogP contribution in [0.2, 0.25) is 0 Å². The number of benzene rings is 1. The smallest absolute Gasteiger partial charge is 0.191 e. The van der Waals surface area contributed by atoms with Crippen molar-refractivity contribution in [1.82, 2.24) is 15.6 Å². The SMILES string of the molecule is CCc1nc(CCNC(=NC)NCc2ccc(C)cc2OC2CCOC2)cs1. The first-order chi connectivity index (χ1) is 13.7. The van der Waals surface area contributed by atoms with Crippen molar-refractivity contribution >= 4 is 17.3 Å². The van der Waals surface area contributed by atoms with Gasteiger partial charge in [-0.3, -0.25) is 4.99 Å². The van der Waals surface area contributed by atoms with Gasteiger partial charge in [-0.2, -0.15) is 0 Å². The number of ether oxygens (including phenoxy) is 2. The summed E-state index contributed by atoms with van der Waals surface area (Å²) in [4.78, 5) is 8.93. The number of hydrogen-bond acceptors (Lipinski definition) is 5. The topological polar surface area (TPSA) is 67.8 Å². The first kappa shape index (κ1) is 20.6. The van der Waals surface area contributed by atoms with E-state index in [9.17, 15) is 0 Å². The van der Waals surface area contributed by atoms with Crippen LogP contribution < -0.4 is 15.4 Å². The van der Waals surface area contributed by atoms with E-state index in [-0.39, 0.29) is 6.10 Å². The van der Waals surface area contributed by atoms with Crippen molar-refractivity contribution in [2.45, 2.75) is 45.8 Å². The molecular formula is C21H30N4O2S. The predicted octanol–water partition coefficient (Wildman–Crippen LogP) is 3.09. The van der Waals surface area contributed by atoms with Crippen LogP contribution in [0.25, 0.3) is 0 Å². The van der Waals surface area contributed by atoms with Crippen molar-refractivity contribution in [1.29, 1.82) is 0 Å². The van der Waals surface area contributed by atoms with Crippen molar-refractivity contribution in [3.63, 3.8) is 0 Å². The zero-order chi connectivity index (χ0) is 19.8. The van der Waals surface area contributed by atoms with E-state index in [1.54, 1.807) is 18.4 Å². The van der Waals surface area contributed by atoms with Crippen LogP contribution in [0.15, 0.2) is 28.6 Å². The lowest BCUT2D eigenvalue weighted by molar-refractivity contribution is 0.140. The number of hydrogen-bond donors (Lipinski definition) is 2. The minimum atomic E-state index is 0.143. The van der Waals surface area contributed by atoms with E-state index in [2.05, 4.69) is 58.0 Å². The average Bonchev–Trinajstić information content (AvgIpc) is 3.37. The van der Waals surface area contributed by atoms with Crippen LogP contribution >= 0.6 is 11.3 Å². The maximum atomic E-state index is 6.17. The van der Waals surface area contributed by atoms with Gasteiger partial charge in [0.15, 0.2) is 5.96 Å². The molecule has 0 saturated carbocycles. The molecule has 0 spiro atoms. The van der Waals surface area contributed by atoms with Crippen LogP contribution in [0.1, 0.15) is 35.2 Å². The Morgan fingerprint density at radius 1 is 1.39 bits per heavy atom. The number of aromatic nitrogens is 1. The van der Waals surface area contributed by atoms with Gasteiger partial charge < -0.3 is 20.1 Å². The maximum Gasteiger partial charge on any atom is 0.191 e. The molecule has 152 valence electrons. The van der Waals surface area contributed by atoms with E-state index in [4.69, 9.17) is 9.47 Å². The molecule has 28 heavy (non-hydrogen) atoms. The molecule has 1 aliphatic heterocycles. The summed E-state index contributed by atoms with van der Waals surface area (Å²) in [5.74, 6) is 1.70. The highest BCUT2D eigenvalue weighted by molar-refractivity contribution is 7.09. The molecule has 1 unspecified atom stereocenters. The van der Waals surface area contributed by atoms with Gasteiger partial charge in [0.05, 0.1) is 23.9 Å². The zero-order valence-electron chi connectivity index (χ0n) is 17.0. The number of aliphatic imine (C=N–C) groups is 1. The highest BCUT2D eigenvalue weighted by Gasteiger charge is 2.18. The standard InChI is InChI=1S/C21H30N4O2S/c1-4-20-25-17(14-28-20)7-9-23-21(22-3)24-12-16-6-5-15(2)11-19(16)27-18-8-10-26-13-18/h5-6,11,14,18H,4,7-10,12-13H2,1-3H3,(H2,22,23,24). The van der Waals surface area contributed by atoms with Crippen molar-refractivity contribution < 1.29 is 9.47 Å². The second-order valence-corrected chi connectivity index (χ2v) is 7.85. The van der Waals surface area contributed by atoms with Crippen LogP contribution in [-0.4, -0.2) is 43.9 Å². The Hall–Kier alpha value is -2.12. The lowest BCUT2D eigenvalue weighted by Gasteiger charge is -2.18. The van der Waals surface area contributed by atoms with E-state index >= 15 is 0 Å². The molecule has 1 aromatic carbocycles.